The maximum absolute atomic E-state index is 14.4. The second-order valence-corrected chi connectivity index (χ2v) is 12.6. The van der Waals surface area contributed by atoms with Crippen molar-refractivity contribution in [2.75, 3.05) is 19.1 Å². The van der Waals surface area contributed by atoms with E-state index in [1.54, 1.807) is 25.1 Å². The zero-order valence-corrected chi connectivity index (χ0v) is 25.4. The average molecular weight is 676 g/mol. The van der Waals surface area contributed by atoms with Crippen LogP contribution in [0.4, 0.5) is 14.9 Å². The van der Waals surface area contributed by atoms with Crippen LogP contribution in [0.3, 0.4) is 0 Å². The molecule has 2 aliphatic heterocycles. The first-order chi connectivity index (χ1) is 20.4. The summed E-state index contributed by atoms with van der Waals surface area (Å²) >= 11 is 9.45. The van der Waals surface area contributed by atoms with Gasteiger partial charge in [-0.05, 0) is 56.0 Å². The molecule has 1 N–H and O–H groups in total. The molecule has 0 aromatic heterocycles. The van der Waals surface area contributed by atoms with E-state index in [1.807, 2.05) is 0 Å². The zero-order chi connectivity index (χ0) is 31.1. The fraction of sp³-hybridized carbons (Fsp3) is 0.367. The lowest BCUT2D eigenvalue weighted by Crippen LogP contribution is -2.49. The minimum Gasteiger partial charge on any atom is -0.504 e. The van der Waals surface area contributed by atoms with Crippen molar-refractivity contribution >= 4 is 62.9 Å². The molecule has 43 heavy (non-hydrogen) atoms. The van der Waals surface area contributed by atoms with E-state index in [1.165, 1.54) is 19.2 Å². The molecule has 3 fully saturated rings. The predicted molar refractivity (Wildman–Crippen MR) is 153 cm³/mol. The number of phenolic OH excluding ortho intramolecular Hbond substituents is 1. The van der Waals surface area contributed by atoms with Crippen molar-refractivity contribution in [3.05, 3.63) is 62.9 Å². The molecule has 6 rings (SSSR count). The van der Waals surface area contributed by atoms with Gasteiger partial charge in [0.2, 0.25) is 23.6 Å². The Morgan fingerprint density at radius 1 is 1.09 bits per heavy atom. The first-order valence-electron chi connectivity index (χ1n) is 13.4. The highest BCUT2D eigenvalue weighted by atomic mass is 79.9. The fourth-order valence-corrected chi connectivity index (χ4v) is 8.10. The summed E-state index contributed by atoms with van der Waals surface area (Å²) in [5.41, 5.74) is -0.548. The Morgan fingerprint density at radius 2 is 1.81 bits per heavy atom. The maximum atomic E-state index is 14.4. The summed E-state index contributed by atoms with van der Waals surface area (Å²) in [4.78, 5) is 69.3. The lowest BCUT2D eigenvalue weighted by atomic mass is 9.51. The number of rotatable bonds is 3. The average Bonchev–Trinajstić information content (AvgIpc) is 3.35. The fourth-order valence-electron chi connectivity index (χ4n) is 7.47. The number of nitrogens with zero attached hydrogens (tertiary/aromatic N) is 2. The number of imide groups is 4. The number of benzene rings is 2. The normalized spacial score (nSPS) is 29.7. The summed E-state index contributed by atoms with van der Waals surface area (Å²) in [6.45, 7) is 1.63. The third kappa shape index (κ3) is 3.98. The number of anilines is 1. The molecule has 2 aliphatic carbocycles. The number of carbonyl (C=O) groups is 5. The number of hydrogen-bond donors (Lipinski definition) is 1. The monoisotopic (exact) mass is 674 g/mol. The number of methoxy groups -OCH3 is 2. The van der Waals surface area contributed by atoms with E-state index in [2.05, 4.69) is 15.9 Å². The molecular weight excluding hydrogens is 651 g/mol. The number of fused-ring (bicyclic) bond motifs is 4. The van der Waals surface area contributed by atoms with E-state index >= 15 is 0 Å². The number of hydrogen-bond acceptors (Lipinski definition) is 8. The molecule has 0 radical (unpaired) electrons. The number of likely N-dealkylation sites (tertiary alicyclic amines) is 1. The lowest BCUT2D eigenvalue weighted by Gasteiger charge is -2.49. The van der Waals surface area contributed by atoms with Crippen LogP contribution in [0.25, 0.3) is 0 Å². The topological polar surface area (TPSA) is 131 Å². The summed E-state index contributed by atoms with van der Waals surface area (Å²) in [6, 6.07) is 6.70. The Labute approximate surface area is 258 Å². The number of allylic oxidation sites excluding steroid dienone is 2. The van der Waals surface area contributed by atoms with Gasteiger partial charge < -0.3 is 14.6 Å². The number of phenols is 1. The van der Waals surface area contributed by atoms with Gasteiger partial charge in [0.05, 0.1) is 48.1 Å². The molecule has 2 aromatic rings. The van der Waals surface area contributed by atoms with Crippen LogP contribution < -0.4 is 9.64 Å². The Balaban J connectivity index is 1.56. The molecule has 13 heteroatoms. The first kappa shape index (κ1) is 29.3. The molecule has 6 unspecified atom stereocenters. The summed E-state index contributed by atoms with van der Waals surface area (Å²) in [5, 5.41) is 11.1. The number of carbonyl (C=O) groups excluding carboxylic acids is 5. The van der Waals surface area contributed by atoms with Gasteiger partial charge in [-0.2, -0.15) is 4.90 Å². The minimum atomic E-state index is -1.48. The van der Waals surface area contributed by atoms with Crippen molar-refractivity contribution in [2.24, 2.45) is 29.1 Å². The summed E-state index contributed by atoms with van der Waals surface area (Å²) in [7, 11) is 2.44. The third-order valence-electron chi connectivity index (χ3n) is 9.39. The van der Waals surface area contributed by atoms with Crippen LogP contribution in [0.2, 0.25) is 5.02 Å². The molecule has 2 saturated heterocycles. The Bertz CT molecular complexity index is 1680. The van der Waals surface area contributed by atoms with Gasteiger partial charge in [-0.1, -0.05) is 39.2 Å². The standard InChI is InChI=1S/C30H25BrClFN2O8/c1-30-18(26(38)34(28(30)40)13-4-7-20(33)19(32)10-13)11-16-14(23(30)17-8-12(31)9-21(42-2)24(17)36)5-6-15-22(16)27(39)35(25(15)37)29(41)43-3/h4-5,7-10,15-16,18,22-23,36H,6,11H2,1-3H3. The Kier molecular flexibility index (Phi) is 6.92. The Hall–Kier alpha value is -3.77. The minimum absolute atomic E-state index is 0.00985. The summed E-state index contributed by atoms with van der Waals surface area (Å²) in [5.74, 6) is -8.04. The van der Waals surface area contributed by atoms with Gasteiger partial charge in [0.1, 0.15) is 5.82 Å². The molecule has 0 bridgehead atoms. The Morgan fingerprint density at radius 3 is 2.47 bits per heavy atom. The van der Waals surface area contributed by atoms with Crippen molar-refractivity contribution in [1.29, 1.82) is 0 Å². The first-order valence-corrected chi connectivity index (χ1v) is 14.6. The molecular formula is C30H25BrClFN2O8. The zero-order valence-electron chi connectivity index (χ0n) is 23.1. The lowest BCUT2D eigenvalue weighted by molar-refractivity contribution is -0.138. The van der Waals surface area contributed by atoms with Gasteiger partial charge in [-0.15, -0.1) is 0 Å². The van der Waals surface area contributed by atoms with Gasteiger partial charge in [-0.25, -0.2) is 14.1 Å². The summed E-state index contributed by atoms with van der Waals surface area (Å²) in [6.07, 6.45) is 0.780. The molecule has 0 spiro atoms. The quantitative estimate of drug-likeness (QED) is 0.357. The van der Waals surface area contributed by atoms with Crippen LogP contribution in [-0.4, -0.2) is 53.9 Å². The van der Waals surface area contributed by atoms with Crippen LogP contribution in [0.5, 0.6) is 11.5 Å². The predicted octanol–water partition coefficient (Wildman–Crippen LogP) is 4.95. The molecule has 5 amide bonds. The van der Waals surface area contributed by atoms with Crippen molar-refractivity contribution in [1.82, 2.24) is 4.90 Å². The van der Waals surface area contributed by atoms with E-state index in [9.17, 15) is 33.5 Å². The van der Waals surface area contributed by atoms with Gasteiger partial charge in [0, 0.05) is 16.0 Å². The second kappa shape index (κ2) is 10.2. The van der Waals surface area contributed by atoms with Gasteiger partial charge in [0.25, 0.3) is 0 Å². The van der Waals surface area contributed by atoms with Crippen LogP contribution >= 0.6 is 27.5 Å². The van der Waals surface area contributed by atoms with E-state index < -0.39 is 70.5 Å². The van der Waals surface area contributed by atoms with E-state index in [0.29, 0.717) is 14.9 Å². The van der Waals surface area contributed by atoms with Crippen molar-refractivity contribution in [3.8, 4) is 11.5 Å². The molecule has 6 atom stereocenters. The van der Waals surface area contributed by atoms with Gasteiger partial charge >= 0.3 is 6.09 Å². The number of amides is 5. The van der Waals surface area contributed by atoms with E-state index in [0.717, 1.165) is 18.1 Å². The van der Waals surface area contributed by atoms with E-state index in [4.69, 9.17) is 21.1 Å². The molecule has 4 aliphatic rings. The largest absolute Gasteiger partial charge is 0.504 e. The molecule has 1 saturated carbocycles. The molecule has 224 valence electrons. The molecule has 10 nitrogen and oxygen atoms in total. The van der Waals surface area contributed by atoms with E-state index in [-0.39, 0.29) is 40.6 Å². The van der Waals surface area contributed by atoms with Crippen LogP contribution in [0.1, 0.15) is 31.2 Å². The third-order valence-corrected chi connectivity index (χ3v) is 10.1. The van der Waals surface area contributed by atoms with Gasteiger partial charge in [0.15, 0.2) is 11.5 Å². The number of aromatic hydroxyl groups is 1. The van der Waals surface area contributed by atoms with Crippen molar-refractivity contribution < 1.29 is 42.9 Å². The van der Waals surface area contributed by atoms with Gasteiger partial charge in [-0.3, -0.25) is 19.2 Å². The second-order valence-electron chi connectivity index (χ2n) is 11.3. The highest BCUT2D eigenvalue weighted by Crippen LogP contribution is 2.65. The number of halogens is 3. The summed E-state index contributed by atoms with van der Waals surface area (Å²) < 4.78 is 24.6. The maximum Gasteiger partial charge on any atom is 0.423 e. The SMILES string of the molecule is COC(=O)N1C(=O)C2CC=C3C(CC4C(=O)N(c5ccc(F)c(Cl)c5)C(=O)C4(C)C3c3cc(Br)cc(OC)c3O)C2C1=O. The van der Waals surface area contributed by atoms with Crippen LogP contribution in [-0.2, 0) is 23.9 Å². The van der Waals surface area contributed by atoms with Crippen molar-refractivity contribution in [3.63, 3.8) is 0 Å². The highest BCUT2D eigenvalue weighted by molar-refractivity contribution is 9.10. The highest BCUT2D eigenvalue weighted by Gasteiger charge is 2.68. The van der Waals surface area contributed by atoms with Crippen LogP contribution in [0, 0.1) is 34.9 Å². The molecule has 2 heterocycles. The number of ether oxygens (including phenoxy) is 2. The van der Waals surface area contributed by atoms with Crippen LogP contribution in [0.15, 0.2) is 46.5 Å². The van der Waals surface area contributed by atoms with Crippen molar-refractivity contribution in [2.45, 2.75) is 25.7 Å². The smallest absolute Gasteiger partial charge is 0.423 e. The molecule has 2 aromatic carbocycles.